The molecule has 0 bridgehead atoms. The fourth-order valence-corrected chi connectivity index (χ4v) is 3.39. The van der Waals surface area contributed by atoms with Gasteiger partial charge in [0.25, 0.3) is 0 Å². The molecule has 1 aromatic carbocycles. The third-order valence-electron chi connectivity index (χ3n) is 5.08. The molecule has 1 amide bonds. The van der Waals surface area contributed by atoms with Gasteiger partial charge >= 0.3 is 0 Å². The van der Waals surface area contributed by atoms with Crippen LogP contribution in [0.4, 0.5) is 0 Å². The van der Waals surface area contributed by atoms with Crippen LogP contribution in [0.15, 0.2) is 30.3 Å². The first-order valence-electron chi connectivity index (χ1n) is 8.22. The minimum absolute atomic E-state index is 0.330. The highest BCUT2D eigenvalue weighted by molar-refractivity contribution is 5.81. The van der Waals surface area contributed by atoms with Crippen molar-refractivity contribution in [1.82, 2.24) is 9.80 Å². The zero-order chi connectivity index (χ0) is 14.8. The van der Waals surface area contributed by atoms with Crippen molar-refractivity contribution < 1.29 is 4.79 Å². The van der Waals surface area contributed by atoms with E-state index < -0.39 is 0 Å². The lowest BCUT2D eigenvalue weighted by Gasteiger charge is -2.40. The lowest BCUT2D eigenvalue weighted by atomic mass is 9.99. The van der Waals surface area contributed by atoms with Crippen LogP contribution in [0, 0.1) is 5.92 Å². The van der Waals surface area contributed by atoms with Crippen molar-refractivity contribution in [3.63, 3.8) is 0 Å². The van der Waals surface area contributed by atoms with Gasteiger partial charge in [-0.25, -0.2) is 0 Å². The summed E-state index contributed by atoms with van der Waals surface area (Å²) in [6.07, 6.45) is 4.52. The standard InChI is InChI=1S/C18H26N2O/c1-14(15-7-4-3-5-8-15)20-12-6-9-17(13-20)19(2)18(21)16-10-11-16/h3-5,7-8,14,16-17H,6,9-13H2,1-2H3. The summed E-state index contributed by atoms with van der Waals surface area (Å²) in [6, 6.07) is 11.5. The maximum Gasteiger partial charge on any atom is 0.225 e. The molecule has 0 aromatic heterocycles. The topological polar surface area (TPSA) is 23.6 Å². The molecule has 21 heavy (non-hydrogen) atoms. The molecule has 1 heterocycles. The minimum Gasteiger partial charge on any atom is -0.341 e. The monoisotopic (exact) mass is 286 g/mol. The maximum atomic E-state index is 12.3. The predicted octanol–water partition coefficient (Wildman–Crippen LogP) is 3.08. The number of hydrogen-bond acceptors (Lipinski definition) is 2. The first-order chi connectivity index (χ1) is 10.2. The van der Waals surface area contributed by atoms with Crippen LogP contribution in [0.5, 0.6) is 0 Å². The third kappa shape index (κ3) is 3.29. The Labute approximate surface area is 127 Å². The molecule has 114 valence electrons. The number of nitrogens with zero attached hydrogens (tertiary/aromatic N) is 2. The average molecular weight is 286 g/mol. The van der Waals surface area contributed by atoms with Crippen LogP contribution < -0.4 is 0 Å². The highest BCUT2D eigenvalue weighted by atomic mass is 16.2. The Balaban J connectivity index is 1.63. The fourth-order valence-electron chi connectivity index (χ4n) is 3.39. The van der Waals surface area contributed by atoms with E-state index in [1.54, 1.807) is 0 Å². The van der Waals surface area contributed by atoms with E-state index in [0.29, 0.717) is 23.9 Å². The Morgan fingerprint density at radius 1 is 1.24 bits per heavy atom. The van der Waals surface area contributed by atoms with Crippen molar-refractivity contribution in [3.05, 3.63) is 35.9 Å². The first-order valence-corrected chi connectivity index (χ1v) is 8.22. The number of benzene rings is 1. The summed E-state index contributed by atoms with van der Waals surface area (Å²) < 4.78 is 0. The first kappa shape index (κ1) is 14.6. The molecule has 1 aliphatic heterocycles. The Hall–Kier alpha value is -1.35. The number of rotatable bonds is 4. The van der Waals surface area contributed by atoms with Gasteiger partial charge in [-0.3, -0.25) is 9.69 Å². The van der Waals surface area contributed by atoms with Crippen molar-refractivity contribution >= 4 is 5.91 Å². The lowest BCUT2D eigenvalue weighted by Crippen LogP contribution is -2.49. The number of amides is 1. The van der Waals surface area contributed by atoms with Gasteiger partial charge in [-0.15, -0.1) is 0 Å². The number of hydrogen-bond donors (Lipinski definition) is 0. The predicted molar refractivity (Wildman–Crippen MR) is 84.9 cm³/mol. The highest BCUT2D eigenvalue weighted by Gasteiger charge is 2.36. The van der Waals surface area contributed by atoms with Crippen LogP contribution >= 0.6 is 0 Å². The van der Waals surface area contributed by atoms with E-state index in [4.69, 9.17) is 0 Å². The van der Waals surface area contributed by atoms with Gasteiger partial charge in [-0.05, 0) is 44.7 Å². The molecule has 0 spiro atoms. The van der Waals surface area contributed by atoms with Gasteiger partial charge in [0, 0.05) is 31.6 Å². The molecule has 1 aliphatic carbocycles. The smallest absolute Gasteiger partial charge is 0.225 e. The van der Waals surface area contributed by atoms with E-state index in [0.717, 1.165) is 32.4 Å². The van der Waals surface area contributed by atoms with E-state index in [9.17, 15) is 4.79 Å². The molecule has 2 aliphatic rings. The van der Waals surface area contributed by atoms with Crippen LogP contribution in [0.25, 0.3) is 0 Å². The Morgan fingerprint density at radius 3 is 2.62 bits per heavy atom. The van der Waals surface area contributed by atoms with Gasteiger partial charge < -0.3 is 4.90 Å². The fraction of sp³-hybridized carbons (Fsp3) is 0.611. The second-order valence-corrected chi connectivity index (χ2v) is 6.60. The summed E-state index contributed by atoms with van der Waals surface area (Å²) in [5.74, 6) is 0.700. The molecule has 2 unspecified atom stereocenters. The minimum atomic E-state index is 0.330. The zero-order valence-corrected chi connectivity index (χ0v) is 13.2. The Morgan fingerprint density at radius 2 is 1.95 bits per heavy atom. The van der Waals surface area contributed by atoms with E-state index >= 15 is 0 Å². The summed E-state index contributed by atoms with van der Waals surface area (Å²) in [5.41, 5.74) is 1.37. The molecule has 2 atom stereocenters. The van der Waals surface area contributed by atoms with Gasteiger partial charge in [0.05, 0.1) is 0 Å². The van der Waals surface area contributed by atoms with Crippen molar-refractivity contribution in [2.75, 3.05) is 20.1 Å². The summed E-state index contributed by atoms with van der Waals surface area (Å²) in [7, 11) is 2.00. The van der Waals surface area contributed by atoms with Gasteiger partial charge in [-0.2, -0.15) is 0 Å². The largest absolute Gasteiger partial charge is 0.341 e. The molecule has 1 saturated carbocycles. The summed E-state index contributed by atoms with van der Waals surface area (Å²) in [6.45, 7) is 4.42. The molecule has 0 radical (unpaired) electrons. The van der Waals surface area contributed by atoms with Crippen molar-refractivity contribution in [2.24, 2.45) is 5.92 Å². The van der Waals surface area contributed by atoms with Crippen LogP contribution in [0.1, 0.15) is 44.2 Å². The number of carbonyl (C=O) groups is 1. The third-order valence-corrected chi connectivity index (χ3v) is 5.08. The maximum absolute atomic E-state index is 12.3. The van der Waals surface area contributed by atoms with E-state index in [1.807, 2.05) is 11.9 Å². The Bertz CT molecular complexity index is 483. The molecule has 3 heteroatoms. The normalized spacial score (nSPS) is 24.6. The second kappa shape index (κ2) is 6.18. The van der Waals surface area contributed by atoms with Gasteiger partial charge in [-0.1, -0.05) is 30.3 Å². The van der Waals surface area contributed by atoms with Crippen molar-refractivity contribution in [1.29, 1.82) is 0 Å². The highest BCUT2D eigenvalue weighted by Crippen LogP contribution is 2.32. The SMILES string of the molecule is CC(c1ccccc1)N1CCCC(N(C)C(=O)C2CC2)C1. The molecule has 1 aromatic rings. The molecule has 3 rings (SSSR count). The molecule has 1 saturated heterocycles. The molecule has 0 N–H and O–H groups in total. The van der Waals surface area contributed by atoms with Crippen LogP contribution in [0.2, 0.25) is 0 Å². The molecule has 3 nitrogen and oxygen atoms in total. The van der Waals surface area contributed by atoms with Gasteiger partial charge in [0.2, 0.25) is 5.91 Å². The summed E-state index contributed by atoms with van der Waals surface area (Å²) in [5, 5.41) is 0. The molecular formula is C18H26N2O. The van der Waals surface area contributed by atoms with E-state index in [2.05, 4.69) is 42.2 Å². The summed E-state index contributed by atoms with van der Waals surface area (Å²) >= 11 is 0. The van der Waals surface area contributed by atoms with E-state index in [1.165, 1.54) is 12.0 Å². The van der Waals surface area contributed by atoms with E-state index in [-0.39, 0.29) is 0 Å². The number of likely N-dealkylation sites (tertiary alicyclic amines) is 1. The number of piperidine rings is 1. The average Bonchev–Trinajstić information content (AvgIpc) is 3.38. The molecular weight excluding hydrogens is 260 g/mol. The Kier molecular flexibility index (Phi) is 4.29. The summed E-state index contributed by atoms with van der Waals surface area (Å²) in [4.78, 5) is 16.8. The quantitative estimate of drug-likeness (QED) is 0.849. The van der Waals surface area contributed by atoms with Gasteiger partial charge in [0.15, 0.2) is 0 Å². The molecule has 2 fully saturated rings. The van der Waals surface area contributed by atoms with Crippen LogP contribution in [0.3, 0.4) is 0 Å². The number of likely N-dealkylation sites (N-methyl/N-ethyl adjacent to an activating group) is 1. The second-order valence-electron chi connectivity index (χ2n) is 6.60. The van der Waals surface area contributed by atoms with Crippen LogP contribution in [-0.2, 0) is 4.79 Å². The van der Waals surface area contributed by atoms with Crippen molar-refractivity contribution in [2.45, 2.75) is 44.7 Å². The van der Waals surface area contributed by atoms with Crippen LogP contribution in [-0.4, -0.2) is 41.9 Å². The van der Waals surface area contributed by atoms with Gasteiger partial charge in [0.1, 0.15) is 0 Å². The lowest BCUT2D eigenvalue weighted by molar-refractivity contribution is -0.134. The zero-order valence-electron chi connectivity index (χ0n) is 13.2. The van der Waals surface area contributed by atoms with Crippen molar-refractivity contribution in [3.8, 4) is 0 Å². The number of carbonyl (C=O) groups excluding carboxylic acids is 1.